The summed E-state index contributed by atoms with van der Waals surface area (Å²) in [5.41, 5.74) is 3.32. The van der Waals surface area contributed by atoms with Crippen molar-refractivity contribution in [2.24, 2.45) is 0 Å². The van der Waals surface area contributed by atoms with Crippen LogP contribution in [0.15, 0.2) is 60.9 Å². The van der Waals surface area contributed by atoms with Gasteiger partial charge in [-0.25, -0.2) is 9.59 Å². The number of ether oxygens (including phenoxy) is 2. The Morgan fingerprint density at radius 3 is 2.10 bits per heavy atom. The fraction of sp³-hybridized carbons (Fsp3) is 0.360. The Morgan fingerprint density at radius 2 is 1.54 bits per heavy atom. The molecule has 3 heterocycles. The number of hydrogen-bond acceptors (Lipinski definition) is 7. The van der Waals surface area contributed by atoms with Gasteiger partial charge >= 0.3 is 24.3 Å². The Kier molecular flexibility index (Phi) is 12.1. The summed E-state index contributed by atoms with van der Waals surface area (Å²) >= 11 is 0. The van der Waals surface area contributed by atoms with Crippen LogP contribution in [-0.4, -0.2) is 73.9 Å². The van der Waals surface area contributed by atoms with E-state index in [9.17, 15) is 26.3 Å². The van der Waals surface area contributed by atoms with Crippen LogP contribution in [0.2, 0.25) is 0 Å². The van der Waals surface area contributed by atoms with Crippen molar-refractivity contribution in [3.8, 4) is 5.75 Å². The van der Waals surface area contributed by atoms with Crippen molar-refractivity contribution >= 4 is 11.9 Å². The van der Waals surface area contributed by atoms with Crippen molar-refractivity contribution in [1.29, 1.82) is 0 Å². The van der Waals surface area contributed by atoms with E-state index in [1.165, 1.54) is 11.3 Å². The average Bonchev–Trinajstić information content (AvgIpc) is 3.26. The van der Waals surface area contributed by atoms with Crippen molar-refractivity contribution in [2.45, 2.75) is 44.7 Å². The first kappa shape index (κ1) is 33.0. The number of carboxylic acid groups (broad SMARTS) is 2. The molecule has 1 aromatic carbocycles. The number of aliphatic carboxylic acids is 2. The summed E-state index contributed by atoms with van der Waals surface area (Å²) in [4.78, 5) is 24.5. The molecule has 1 aliphatic heterocycles. The fourth-order valence-corrected chi connectivity index (χ4v) is 3.48. The summed E-state index contributed by atoms with van der Waals surface area (Å²) in [6, 6.07) is 16.1. The van der Waals surface area contributed by atoms with Crippen molar-refractivity contribution in [3.05, 3.63) is 77.9 Å². The molecule has 1 atom stereocenters. The zero-order valence-corrected chi connectivity index (χ0v) is 21.5. The van der Waals surface area contributed by atoms with E-state index in [4.69, 9.17) is 29.3 Å². The fourth-order valence-electron chi connectivity index (χ4n) is 3.48. The second kappa shape index (κ2) is 15.0. The minimum Gasteiger partial charge on any atom is -0.496 e. The SMILES string of the molecule is COc1ccccc1CN1Cc2ccnn2CC(OCc2ccccn2)C1.O=C(O)C(F)(F)F.O=C(O)C(F)(F)F. The minimum absolute atomic E-state index is 0.0443. The summed E-state index contributed by atoms with van der Waals surface area (Å²) in [6.45, 7) is 3.72. The number of fused-ring (bicyclic) bond motifs is 1. The highest BCUT2D eigenvalue weighted by Gasteiger charge is 2.38. The zero-order chi connectivity index (χ0) is 30.6. The van der Waals surface area contributed by atoms with Gasteiger partial charge in [-0.15, -0.1) is 0 Å². The molecule has 41 heavy (non-hydrogen) atoms. The van der Waals surface area contributed by atoms with Gasteiger partial charge in [-0.05, 0) is 24.3 Å². The smallest absolute Gasteiger partial charge is 0.490 e. The number of para-hydroxylation sites is 1. The van der Waals surface area contributed by atoms with Crippen LogP contribution in [0.4, 0.5) is 26.3 Å². The summed E-state index contributed by atoms with van der Waals surface area (Å²) < 4.78 is 77.2. The van der Waals surface area contributed by atoms with Crippen molar-refractivity contribution in [1.82, 2.24) is 19.7 Å². The topological polar surface area (TPSA) is 127 Å². The van der Waals surface area contributed by atoms with Gasteiger partial charge in [-0.1, -0.05) is 24.3 Å². The van der Waals surface area contributed by atoms with Crippen molar-refractivity contribution in [2.75, 3.05) is 13.7 Å². The van der Waals surface area contributed by atoms with Gasteiger partial charge in [0.1, 0.15) is 5.75 Å². The third-order valence-corrected chi connectivity index (χ3v) is 5.29. The number of carbonyl (C=O) groups is 2. The summed E-state index contributed by atoms with van der Waals surface area (Å²) in [5.74, 6) is -4.60. The number of rotatable bonds is 6. The molecule has 0 saturated heterocycles. The number of methoxy groups -OCH3 is 1. The maximum absolute atomic E-state index is 10.6. The van der Waals surface area contributed by atoms with Crippen LogP contribution >= 0.6 is 0 Å². The van der Waals surface area contributed by atoms with Crippen LogP contribution < -0.4 is 4.74 Å². The predicted molar refractivity (Wildman–Crippen MR) is 130 cm³/mol. The molecule has 224 valence electrons. The molecule has 4 rings (SSSR count). The number of aromatic nitrogens is 3. The molecule has 0 bridgehead atoms. The van der Waals surface area contributed by atoms with E-state index >= 15 is 0 Å². The molecule has 10 nitrogen and oxygen atoms in total. The number of carboxylic acids is 2. The van der Waals surface area contributed by atoms with Gasteiger partial charge in [0, 0.05) is 37.6 Å². The molecule has 1 unspecified atom stereocenters. The number of alkyl halides is 6. The maximum Gasteiger partial charge on any atom is 0.490 e. The third kappa shape index (κ3) is 11.4. The second-order valence-corrected chi connectivity index (χ2v) is 8.35. The minimum atomic E-state index is -5.08. The van der Waals surface area contributed by atoms with E-state index in [0.29, 0.717) is 6.61 Å². The molecule has 16 heteroatoms. The van der Waals surface area contributed by atoms with Crippen LogP contribution in [0.5, 0.6) is 5.75 Å². The molecular formula is C25H26F6N4O6. The highest BCUT2D eigenvalue weighted by molar-refractivity contribution is 5.73. The Hall–Kier alpha value is -4.18. The lowest BCUT2D eigenvalue weighted by Gasteiger charge is -2.24. The summed E-state index contributed by atoms with van der Waals surface area (Å²) in [5, 5.41) is 18.7. The zero-order valence-electron chi connectivity index (χ0n) is 21.5. The highest BCUT2D eigenvalue weighted by Crippen LogP contribution is 2.23. The van der Waals surface area contributed by atoms with E-state index in [0.717, 1.165) is 37.6 Å². The molecule has 0 aliphatic carbocycles. The van der Waals surface area contributed by atoms with Gasteiger partial charge < -0.3 is 19.7 Å². The first-order chi connectivity index (χ1) is 19.2. The van der Waals surface area contributed by atoms with E-state index in [2.05, 4.69) is 33.2 Å². The molecule has 2 N–H and O–H groups in total. The predicted octanol–water partition coefficient (Wildman–Crippen LogP) is 4.15. The first-order valence-electron chi connectivity index (χ1n) is 11.7. The van der Waals surface area contributed by atoms with Gasteiger partial charge in [0.25, 0.3) is 0 Å². The van der Waals surface area contributed by atoms with Gasteiger partial charge in [0.2, 0.25) is 0 Å². The molecule has 1 aliphatic rings. The molecule has 3 aromatic rings. The Bertz CT molecular complexity index is 1230. The van der Waals surface area contributed by atoms with E-state index in [1.807, 2.05) is 41.2 Å². The monoisotopic (exact) mass is 592 g/mol. The second-order valence-electron chi connectivity index (χ2n) is 8.35. The van der Waals surface area contributed by atoms with Gasteiger partial charge in [-0.3, -0.25) is 14.6 Å². The molecule has 0 spiro atoms. The lowest BCUT2D eigenvalue weighted by molar-refractivity contribution is -0.193. The molecule has 0 fully saturated rings. The van der Waals surface area contributed by atoms with E-state index in [-0.39, 0.29) is 6.10 Å². The van der Waals surface area contributed by atoms with E-state index < -0.39 is 24.3 Å². The van der Waals surface area contributed by atoms with Crippen LogP contribution in [0.25, 0.3) is 0 Å². The number of halogens is 6. The summed E-state index contributed by atoms with van der Waals surface area (Å²) in [7, 11) is 1.72. The van der Waals surface area contributed by atoms with Gasteiger partial charge in [-0.2, -0.15) is 31.4 Å². The van der Waals surface area contributed by atoms with Gasteiger partial charge in [0.15, 0.2) is 0 Å². The molecule has 0 radical (unpaired) electrons. The standard InChI is InChI=1S/C21H24N4O2.2C2HF3O2/c1-26-21-8-3-2-6-17(21)12-24-13-19-9-11-23-25(19)15-20(14-24)27-16-18-7-4-5-10-22-18;2*3-2(4,5)1(6)7/h2-11,20H,12-16H2,1H3;2*(H,6,7). The lowest BCUT2D eigenvalue weighted by Crippen LogP contribution is -2.33. The van der Waals surface area contributed by atoms with Crippen LogP contribution in [0, 0.1) is 0 Å². The van der Waals surface area contributed by atoms with Gasteiger partial charge in [0.05, 0.1) is 37.8 Å². The van der Waals surface area contributed by atoms with Crippen LogP contribution in [0.3, 0.4) is 0 Å². The Balaban J connectivity index is 0.000000349. The van der Waals surface area contributed by atoms with Crippen molar-refractivity contribution in [3.63, 3.8) is 0 Å². The quantitative estimate of drug-likeness (QED) is 0.406. The van der Waals surface area contributed by atoms with Crippen molar-refractivity contribution < 1.29 is 55.6 Å². The molecule has 2 aromatic heterocycles. The van der Waals surface area contributed by atoms with Crippen LogP contribution in [-0.2, 0) is 40.6 Å². The number of benzene rings is 1. The number of pyridine rings is 1. The maximum atomic E-state index is 10.6. The molecular weight excluding hydrogens is 566 g/mol. The van der Waals surface area contributed by atoms with Crippen LogP contribution in [0.1, 0.15) is 17.0 Å². The Morgan fingerprint density at radius 1 is 0.927 bits per heavy atom. The molecule has 0 saturated carbocycles. The Labute approximate surface area is 229 Å². The highest BCUT2D eigenvalue weighted by atomic mass is 19.4. The average molecular weight is 592 g/mol. The normalized spacial score (nSPS) is 15.2. The van der Waals surface area contributed by atoms with E-state index in [1.54, 1.807) is 13.3 Å². The summed E-state index contributed by atoms with van der Waals surface area (Å²) in [6.07, 6.45) is -6.47. The first-order valence-corrected chi connectivity index (χ1v) is 11.7. The lowest BCUT2D eigenvalue weighted by atomic mass is 10.1. The molecule has 0 amide bonds. The number of hydrogen-bond donors (Lipinski definition) is 2. The largest absolute Gasteiger partial charge is 0.496 e. The number of nitrogens with zero attached hydrogens (tertiary/aromatic N) is 4. The third-order valence-electron chi connectivity index (χ3n) is 5.29.